The Balaban J connectivity index is 1.93. The standard InChI is InChI=1S/C24H25ClN2O6S/c1-4-33-19-9-7-18(8-10-19)27(34(29,30)21-12-5-17(25)6-13-21)16-24(28)26-22-14-11-20(31-2)15-23(22)32-3/h5-15H,4,16H2,1-3H3,(H,26,28). The van der Waals surface area contributed by atoms with Crippen LogP contribution in [-0.2, 0) is 14.8 Å². The van der Waals surface area contributed by atoms with Gasteiger partial charge in [-0.15, -0.1) is 0 Å². The van der Waals surface area contributed by atoms with Crippen molar-refractivity contribution in [3.05, 3.63) is 71.8 Å². The van der Waals surface area contributed by atoms with E-state index in [0.717, 1.165) is 4.31 Å². The molecule has 8 nitrogen and oxygen atoms in total. The van der Waals surface area contributed by atoms with E-state index in [1.807, 2.05) is 6.92 Å². The molecule has 0 heterocycles. The van der Waals surface area contributed by atoms with E-state index in [-0.39, 0.29) is 4.90 Å². The van der Waals surface area contributed by atoms with Gasteiger partial charge in [0, 0.05) is 11.1 Å². The Morgan fingerprint density at radius 1 is 0.941 bits per heavy atom. The number of methoxy groups -OCH3 is 2. The first-order valence-corrected chi connectivity index (χ1v) is 12.1. The summed E-state index contributed by atoms with van der Waals surface area (Å²) in [5, 5.41) is 3.10. The van der Waals surface area contributed by atoms with Crippen LogP contribution in [0.5, 0.6) is 17.2 Å². The van der Waals surface area contributed by atoms with Crippen molar-refractivity contribution in [2.24, 2.45) is 0 Å². The molecule has 0 aromatic heterocycles. The number of amides is 1. The van der Waals surface area contributed by atoms with Gasteiger partial charge >= 0.3 is 0 Å². The summed E-state index contributed by atoms with van der Waals surface area (Å²) in [7, 11) is -1.11. The summed E-state index contributed by atoms with van der Waals surface area (Å²) in [6.45, 7) is 1.84. The van der Waals surface area contributed by atoms with Crippen molar-refractivity contribution < 1.29 is 27.4 Å². The molecule has 3 aromatic rings. The highest BCUT2D eigenvalue weighted by atomic mass is 35.5. The van der Waals surface area contributed by atoms with Gasteiger partial charge in [-0.05, 0) is 67.6 Å². The molecule has 0 fully saturated rings. The highest BCUT2D eigenvalue weighted by Crippen LogP contribution is 2.30. The molecule has 3 aromatic carbocycles. The number of anilines is 2. The molecule has 0 radical (unpaired) electrons. The highest BCUT2D eigenvalue weighted by molar-refractivity contribution is 7.92. The molecule has 0 unspecified atom stereocenters. The van der Waals surface area contributed by atoms with Crippen LogP contribution >= 0.6 is 11.6 Å². The lowest BCUT2D eigenvalue weighted by Gasteiger charge is -2.24. The van der Waals surface area contributed by atoms with Crippen LogP contribution in [0, 0.1) is 0 Å². The minimum Gasteiger partial charge on any atom is -0.497 e. The fraction of sp³-hybridized carbons (Fsp3) is 0.208. The quantitative estimate of drug-likeness (QED) is 0.434. The molecular formula is C24H25ClN2O6S. The second-order valence-electron chi connectivity index (χ2n) is 7.01. The first kappa shape index (κ1) is 25.2. The molecule has 3 rings (SSSR count). The SMILES string of the molecule is CCOc1ccc(N(CC(=O)Nc2ccc(OC)cc2OC)S(=O)(=O)c2ccc(Cl)cc2)cc1. The maximum absolute atomic E-state index is 13.5. The van der Waals surface area contributed by atoms with Gasteiger partial charge in [0.15, 0.2) is 0 Å². The molecule has 180 valence electrons. The van der Waals surface area contributed by atoms with E-state index in [2.05, 4.69) is 5.32 Å². The first-order chi connectivity index (χ1) is 16.3. The number of carbonyl (C=O) groups is 1. The third-order valence-corrected chi connectivity index (χ3v) is 6.85. The Hall–Kier alpha value is -3.43. The molecule has 34 heavy (non-hydrogen) atoms. The van der Waals surface area contributed by atoms with Crippen LogP contribution in [0.3, 0.4) is 0 Å². The molecular weight excluding hydrogens is 480 g/mol. The van der Waals surface area contributed by atoms with E-state index >= 15 is 0 Å². The van der Waals surface area contributed by atoms with Crippen LogP contribution in [0.2, 0.25) is 5.02 Å². The maximum atomic E-state index is 13.5. The maximum Gasteiger partial charge on any atom is 0.264 e. The summed E-state index contributed by atoms with van der Waals surface area (Å²) in [6.07, 6.45) is 0. The lowest BCUT2D eigenvalue weighted by molar-refractivity contribution is -0.114. The average Bonchev–Trinajstić information content (AvgIpc) is 2.84. The van der Waals surface area contributed by atoms with Crippen molar-refractivity contribution in [3.63, 3.8) is 0 Å². The molecule has 0 aliphatic carbocycles. The molecule has 0 aliphatic heterocycles. The van der Waals surface area contributed by atoms with Gasteiger partial charge in [0.25, 0.3) is 10.0 Å². The predicted octanol–water partition coefficient (Wildman–Crippen LogP) is 4.59. The average molecular weight is 505 g/mol. The summed E-state index contributed by atoms with van der Waals surface area (Å²) in [5.41, 5.74) is 0.680. The summed E-state index contributed by atoms with van der Waals surface area (Å²) >= 11 is 5.92. The number of hydrogen-bond donors (Lipinski definition) is 1. The van der Waals surface area contributed by atoms with Crippen molar-refractivity contribution in [3.8, 4) is 17.2 Å². The normalized spacial score (nSPS) is 10.9. The largest absolute Gasteiger partial charge is 0.497 e. The van der Waals surface area contributed by atoms with Gasteiger partial charge in [-0.3, -0.25) is 9.10 Å². The number of nitrogens with zero attached hydrogens (tertiary/aromatic N) is 1. The monoisotopic (exact) mass is 504 g/mol. The van der Waals surface area contributed by atoms with Gasteiger partial charge in [-0.25, -0.2) is 8.42 Å². The lowest BCUT2D eigenvalue weighted by atomic mass is 10.2. The summed E-state index contributed by atoms with van der Waals surface area (Å²) < 4.78 is 43.9. The van der Waals surface area contributed by atoms with Crippen LogP contribution in [0.15, 0.2) is 71.6 Å². The Morgan fingerprint density at radius 2 is 1.59 bits per heavy atom. The van der Waals surface area contributed by atoms with Crippen molar-refractivity contribution in [1.29, 1.82) is 0 Å². The third kappa shape index (κ3) is 5.92. The molecule has 0 saturated heterocycles. The summed E-state index contributed by atoms with van der Waals surface area (Å²) in [4.78, 5) is 13.0. The minimum absolute atomic E-state index is 0.000567. The zero-order valence-corrected chi connectivity index (χ0v) is 20.5. The van der Waals surface area contributed by atoms with E-state index in [1.165, 1.54) is 38.5 Å². The van der Waals surface area contributed by atoms with Crippen LogP contribution < -0.4 is 23.8 Å². The van der Waals surface area contributed by atoms with Gasteiger partial charge in [-0.2, -0.15) is 0 Å². The van der Waals surface area contributed by atoms with Crippen LogP contribution in [0.1, 0.15) is 6.92 Å². The van der Waals surface area contributed by atoms with Crippen LogP contribution in [0.4, 0.5) is 11.4 Å². The van der Waals surface area contributed by atoms with Crippen molar-refractivity contribution >= 4 is 38.9 Å². The summed E-state index contributed by atoms with van der Waals surface area (Å²) in [6, 6.07) is 17.1. The van der Waals surface area contributed by atoms with Crippen molar-refractivity contribution in [2.45, 2.75) is 11.8 Å². The number of nitrogens with one attached hydrogen (secondary N) is 1. The number of ether oxygens (including phenoxy) is 3. The molecule has 0 bridgehead atoms. The topological polar surface area (TPSA) is 94.2 Å². The van der Waals surface area contributed by atoms with Gasteiger partial charge in [0.1, 0.15) is 23.8 Å². The second kappa shape index (κ2) is 11.1. The lowest BCUT2D eigenvalue weighted by Crippen LogP contribution is -2.38. The Labute approximate surface area is 204 Å². The molecule has 0 atom stereocenters. The molecule has 1 amide bonds. The number of sulfonamides is 1. The molecule has 0 aliphatic rings. The highest BCUT2D eigenvalue weighted by Gasteiger charge is 2.27. The number of halogens is 1. The Morgan fingerprint density at radius 3 is 2.18 bits per heavy atom. The van der Waals surface area contributed by atoms with E-state index in [1.54, 1.807) is 42.5 Å². The Kier molecular flexibility index (Phi) is 8.25. The molecule has 10 heteroatoms. The molecule has 0 saturated carbocycles. The predicted molar refractivity (Wildman–Crippen MR) is 132 cm³/mol. The smallest absolute Gasteiger partial charge is 0.264 e. The molecule has 0 spiro atoms. The Bertz CT molecular complexity index is 1230. The van der Waals surface area contributed by atoms with Gasteiger partial charge in [0.05, 0.1) is 37.1 Å². The fourth-order valence-corrected chi connectivity index (χ4v) is 4.69. The van der Waals surface area contributed by atoms with E-state index < -0.39 is 22.5 Å². The zero-order chi connectivity index (χ0) is 24.7. The minimum atomic E-state index is -4.09. The van der Waals surface area contributed by atoms with E-state index in [0.29, 0.717) is 40.3 Å². The number of benzene rings is 3. The zero-order valence-electron chi connectivity index (χ0n) is 18.9. The third-order valence-electron chi connectivity index (χ3n) is 4.81. The van der Waals surface area contributed by atoms with Gasteiger partial charge in [0.2, 0.25) is 5.91 Å². The van der Waals surface area contributed by atoms with Crippen molar-refractivity contribution in [2.75, 3.05) is 37.0 Å². The van der Waals surface area contributed by atoms with Crippen LogP contribution in [0.25, 0.3) is 0 Å². The fourth-order valence-electron chi connectivity index (χ4n) is 3.15. The van der Waals surface area contributed by atoms with Gasteiger partial charge in [-0.1, -0.05) is 11.6 Å². The van der Waals surface area contributed by atoms with Crippen molar-refractivity contribution in [1.82, 2.24) is 0 Å². The number of carbonyl (C=O) groups excluding carboxylic acids is 1. The van der Waals surface area contributed by atoms with Crippen LogP contribution in [-0.4, -0.2) is 41.7 Å². The summed E-state index contributed by atoms with van der Waals surface area (Å²) in [5.74, 6) is 0.953. The number of hydrogen-bond acceptors (Lipinski definition) is 6. The number of rotatable bonds is 10. The first-order valence-electron chi connectivity index (χ1n) is 10.3. The second-order valence-corrected chi connectivity index (χ2v) is 9.31. The molecule has 1 N–H and O–H groups in total. The van der Waals surface area contributed by atoms with E-state index in [9.17, 15) is 13.2 Å². The van der Waals surface area contributed by atoms with E-state index in [4.69, 9.17) is 25.8 Å². The van der Waals surface area contributed by atoms with Gasteiger partial charge < -0.3 is 19.5 Å².